The first-order valence-electron chi connectivity index (χ1n) is 6.77. The van der Waals surface area contributed by atoms with Crippen molar-refractivity contribution in [2.24, 2.45) is 5.10 Å². The van der Waals surface area contributed by atoms with Crippen LogP contribution in [0.1, 0.15) is 11.1 Å². The molecule has 0 aliphatic rings. The molecule has 1 N–H and O–H groups in total. The van der Waals surface area contributed by atoms with E-state index in [2.05, 4.69) is 9.93 Å². The van der Waals surface area contributed by atoms with Gasteiger partial charge in [0.05, 0.1) is 23.1 Å². The Bertz CT molecular complexity index is 876. The zero-order valence-corrected chi connectivity index (χ0v) is 13.8. The first-order chi connectivity index (χ1) is 11.3. The van der Waals surface area contributed by atoms with E-state index in [0.717, 1.165) is 11.8 Å². The number of nitro groups is 1. The number of nitrogens with one attached hydrogen (secondary N) is 1. The molecular weight excluding hydrogens is 334 g/mol. The molecule has 2 rings (SSSR count). The zero-order valence-electron chi connectivity index (χ0n) is 13.0. The van der Waals surface area contributed by atoms with Gasteiger partial charge in [-0.3, -0.25) is 10.1 Å². The minimum atomic E-state index is -3.82. The second-order valence-corrected chi connectivity index (χ2v) is 6.51. The number of nitro benzene ring substituents is 1. The van der Waals surface area contributed by atoms with Gasteiger partial charge in [-0.1, -0.05) is 17.7 Å². The van der Waals surface area contributed by atoms with Gasteiger partial charge >= 0.3 is 0 Å². The van der Waals surface area contributed by atoms with Crippen LogP contribution in [-0.4, -0.2) is 26.7 Å². The van der Waals surface area contributed by atoms with Gasteiger partial charge in [0.15, 0.2) is 0 Å². The summed E-state index contributed by atoms with van der Waals surface area (Å²) in [6, 6.07) is 10.2. The van der Waals surface area contributed by atoms with Crippen LogP contribution in [0, 0.1) is 17.0 Å². The van der Waals surface area contributed by atoms with Crippen LogP contribution in [0.25, 0.3) is 0 Å². The lowest BCUT2D eigenvalue weighted by Crippen LogP contribution is -2.18. The van der Waals surface area contributed by atoms with Crippen LogP contribution in [0.2, 0.25) is 0 Å². The summed E-state index contributed by atoms with van der Waals surface area (Å²) in [4.78, 5) is 12.4. The van der Waals surface area contributed by atoms with Crippen LogP contribution in [0.5, 0.6) is 5.75 Å². The number of sulfonamides is 1. The fourth-order valence-corrected chi connectivity index (χ4v) is 2.66. The molecular formula is C15H15N3O5S. The molecule has 0 aromatic heterocycles. The van der Waals surface area contributed by atoms with Crippen molar-refractivity contribution in [1.82, 2.24) is 4.83 Å². The minimum Gasteiger partial charge on any atom is -0.496 e. The molecule has 2 aromatic carbocycles. The van der Waals surface area contributed by atoms with E-state index in [1.807, 2.05) is 6.92 Å². The van der Waals surface area contributed by atoms with Gasteiger partial charge in [0, 0.05) is 17.7 Å². The molecule has 0 atom stereocenters. The Kier molecular flexibility index (Phi) is 5.14. The van der Waals surface area contributed by atoms with Crippen molar-refractivity contribution in [3.8, 4) is 5.75 Å². The summed E-state index contributed by atoms with van der Waals surface area (Å²) >= 11 is 0. The fraction of sp³-hybridized carbons (Fsp3) is 0.133. The van der Waals surface area contributed by atoms with Gasteiger partial charge in [0.25, 0.3) is 15.7 Å². The lowest BCUT2D eigenvalue weighted by Gasteiger charge is -2.05. The summed E-state index contributed by atoms with van der Waals surface area (Å²) in [5, 5.41) is 14.5. The highest BCUT2D eigenvalue weighted by atomic mass is 32.2. The van der Waals surface area contributed by atoms with Crippen molar-refractivity contribution >= 4 is 21.9 Å². The first-order valence-corrected chi connectivity index (χ1v) is 8.26. The fourth-order valence-electron chi connectivity index (χ4n) is 1.87. The minimum absolute atomic E-state index is 0.0660. The highest BCUT2D eigenvalue weighted by molar-refractivity contribution is 7.89. The maximum Gasteiger partial charge on any atom is 0.276 e. The molecule has 0 radical (unpaired) electrons. The van der Waals surface area contributed by atoms with Gasteiger partial charge in [0.2, 0.25) is 0 Å². The number of hydrogen-bond donors (Lipinski definition) is 1. The normalized spacial score (nSPS) is 11.4. The van der Waals surface area contributed by atoms with Gasteiger partial charge in [-0.05, 0) is 25.1 Å². The molecule has 9 heteroatoms. The Morgan fingerprint density at radius 1 is 1.21 bits per heavy atom. The van der Waals surface area contributed by atoms with Gasteiger partial charge < -0.3 is 4.74 Å². The number of rotatable bonds is 6. The number of ether oxygens (including phenoxy) is 1. The second-order valence-electron chi connectivity index (χ2n) is 4.85. The Hall–Kier alpha value is -2.94. The lowest BCUT2D eigenvalue weighted by molar-refractivity contribution is -0.384. The van der Waals surface area contributed by atoms with Gasteiger partial charge in [0.1, 0.15) is 5.75 Å². The van der Waals surface area contributed by atoms with E-state index in [9.17, 15) is 18.5 Å². The van der Waals surface area contributed by atoms with Gasteiger partial charge in [-0.15, -0.1) is 0 Å². The number of methoxy groups -OCH3 is 1. The van der Waals surface area contributed by atoms with Crippen molar-refractivity contribution in [1.29, 1.82) is 0 Å². The molecule has 0 amide bonds. The second kappa shape index (κ2) is 7.09. The largest absolute Gasteiger partial charge is 0.496 e. The van der Waals surface area contributed by atoms with Crippen LogP contribution >= 0.6 is 0 Å². The van der Waals surface area contributed by atoms with Crippen LogP contribution < -0.4 is 9.57 Å². The standard InChI is InChI=1S/C15H15N3O5S/c1-11-3-6-14(7-4-11)24(21,22)17-16-10-12-9-13(18(19)20)5-8-15(12)23-2/h3-10,17H,1-2H3/b16-10+. The molecule has 0 bridgehead atoms. The van der Waals surface area contributed by atoms with Crippen LogP contribution in [0.15, 0.2) is 52.5 Å². The molecule has 0 heterocycles. The molecule has 0 saturated carbocycles. The Morgan fingerprint density at radius 3 is 2.46 bits per heavy atom. The number of nitrogens with zero attached hydrogens (tertiary/aromatic N) is 2. The van der Waals surface area contributed by atoms with Crippen molar-refractivity contribution in [2.75, 3.05) is 7.11 Å². The molecule has 2 aromatic rings. The maximum absolute atomic E-state index is 12.1. The Balaban J connectivity index is 2.23. The van der Waals surface area contributed by atoms with E-state index in [1.54, 1.807) is 12.1 Å². The molecule has 24 heavy (non-hydrogen) atoms. The average molecular weight is 349 g/mol. The average Bonchev–Trinajstić information content (AvgIpc) is 2.55. The van der Waals surface area contributed by atoms with Crippen molar-refractivity contribution in [2.45, 2.75) is 11.8 Å². The van der Waals surface area contributed by atoms with E-state index >= 15 is 0 Å². The summed E-state index contributed by atoms with van der Waals surface area (Å²) in [6.07, 6.45) is 1.15. The monoisotopic (exact) mass is 349 g/mol. The van der Waals surface area contributed by atoms with E-state index in [-0.39, 0.29) is 16.1 Å². The Labute approximate surface area is 139 Å². The van der Waals surface area contributed by atoms with E-state index in [4.69, 9.17) is 4.74 Å². The van der Waals surface area contributed by atoms with E-state index in [1.165, 1.54) is 37.4 Å². The Morgan fingerprint density at radius 2 is 1.88 bits per heavy atom. The first kappa shape index (κ1) is 17.4. The molecule has 0 unspecified atom stereocenters. The third kappa shape index (κ3) is 4.07. The summed E-state index contributed by atoms with van der Waals surface area (Å²) in [7, 11) is -2.42. The third-order valence-corrected chi connectivity index (χ3v) is 4.37. The van der Waals surface area contributed by atoms with Crippen molar-refractivity contribution in [3.05, 3.63) is 63.7 Å². The number of aryl methyl sites for hydroxylation is 1. The molecule has 8 nitrogen and oxygen atoms in total. The van der Waals surface area contributed by atoms with Crippen molar-refractivity contribution < 1.29 is 18.1 Å². The molecule has 0 aliphatic heterocycles. The number of non-ortho nitro benzene ring substituents is 1. The van der Waals surface area contributed by atoms with E-state index in [0.29, 0.717) is 5.75 Å². The van der Waals surface area contributed by atoms with Gasteiger partial charge in [-0.25, -0.2) is 4.83 Å². The lowest BCUT2D eigenvalue weighted by atomic mass is 10.2. The summed E-state index contributed by atoms with van der Waals surface area (Å²) in [6.45, 7) is 1.84. The quantitative estimate of drug-likeness (QED) is 0.488. The van der Waals surface area contributed by atoms with Crippen molar-refractivity contribution in [3.63, 3.8) is 0 Å². The summed E-state index contributed by atoms with van der Waals surface area (Å²) in [5.41, 5.74) is 1.05. The van der Waals surface area contributed by atoms with E-state index < -0.39 is 14.9 Å². The smallest absolute Gasteiger partial charge is 0.276 e. The topological polar surface area (TPSA) is 111 Å². The van der Waals surface area contributed by atoms with Gasteiger partial charge in [-0.2, -0.15) is 13.5 Å². The number of hydrogen-bond acceptors (Lipinski definition) is 6. The number of hydrazone groups is 1. The van der Waals surface area contributed by atoms with Crippen LogP contribution in [0.4, 0.5) is 5.69 Å². The summed E-state index contributed by atoms with van der Waals surface area (Å²) in [5.74, 6) is 0.332. The van der Waals surface area contributed by atoms with Crippen LogP contribution in [0.3, 0.4) is 0 Å². The molecule has 0 aliphatic carbocycles. The summed E-state index contributed by atoms with van der Waals surface area (Å²) < 4.78 is 29.3. The highest BCUT2D eigenvalue weighted by Crippen LogP contribution is 2.22. The molecule has 0 saturated heterocycles. The SMILES string of the molecule is COc1ccc([N+](=O)[O-])cc1/C=N/NS(=O)(=O)c1ccc(C)cc1. The maximum atomic E-state index is 12.1. The predicted octanol–water partition coefficient (Wildman–Crippen LogP) is 2.22. The zero-order chi connectivity index (χ0) is 17.7. The molecule has 0 fully saturated rings. The molecule has 0 spiro atoms. The highest BCUT2D eigenvalue weighted by Gasteiger charge is 2.13. The van der Waals surface area contributed by atoms with Crippen LogP contribution in [-0.2, 0) is 10.0 Å². The number of benzene rings is 2. The predicted molar refractivity (Wildman–Crippen MR) is 88.7 cm³/mol. The third-order valence-electron chi connectivity index (χ3n) is 3.13. The molecule has 126 valence electrons.